The van der Waals surface area contributed by atoms with E-state index in [1.165, 1.54) is 12.1 Å². The van der Waals surface area contributed by atoms with Crippen molar-refractivity contribution in [2.75, 3.05) is 38.7 Å². The molecule has 0 aliphatic carbocycles. The van der Waals surface area contributed by atoms with E-state index in [4.69, 9.17) is 9.47 Å². The fraction of sp³-hybridized carbons (Fsp3) is 0.519. The molecule has 5 rings (SSSR count). The number of hydrogen-bond acceptors (Lipinski definition) is 6. The number of aryl methyl sites for hydroxylation is 1. The summed E-state index contributed by atoms with van der Waals surface area (Å²) in [6.45, 7) is 5.86. The highest BCUT2D eigenvalue weighted by atomic mass is 19.4. The standard InChI is InChI=1S/C27H31F4N5O3/c1-16(18-5-4-6-20(23(18)28)27(29,30)31)32-24-19-15-21-26(8-10-35(11-9-26)22(37)7-13-38-3)39-14-12-36(21)25(19)34-17(2)33-24/h4-6,15-16H,7-14H2,1-3H3,(H,32,33,34)/t16-/m1/s1. The van der Waals surface area contributed by atoms with E-state index >= 15 is 0 Å². The number of fused-ring (bicyclic) bond motifs is 4. The molecule has 2 aliphatic rings. The Morgan fingerprint density at radius 1 is 1.23 bits per heavy atom. The van der Waals surface area contributed by atoms with Crippen molar-refractivity contribution in [2.45, 2.75) is 57.5 Å². The number of piperidine rings is 1. The van der Waals surface area contributed by atoms with Crippen LogP contribution in [-0.4, -0.2) is 58.8 Å². The van der Waals surface area contributed by atoms with E-state index in [-0.39, 0.29) is 11.5 Å². The van der Waals surface area contributed by atoms with E-state index in [0.717, 1.165) is 11.8 Å². The lowest BCUT2D eigenvalue weighted by molar-refractivity contribution is -0.144. The highest BCUT2D eigenvalue weighted by molar-refractivity contribution is 5.89. The monoisotopic (exact) mass is 549 g/mol. The van der Waals surface area contributed by atoms with Gasteiger partial charge >= 0.3 is 6.18 Å². The van der Waals surface area contributed by atoms with Gasteiger partial charge in [-0.25, -0.2) is 14.4 Å². The Labute approximate surface area is 223 Å². The van der Waals surface area contributed by atoms with E-state index in [2.05, 4.69) is 19.9 Å². The largest absolute Gasteiger partial charge is 0.419 e. The summed E-state index contributed by atoms with van der Waals surface area (Å²) in [6, 6.07) is 4.42. The zero-order valence-electron chi connectivity index (χ0n) is 22.1. The predicted molar refractivity (Wildman–Crippen MR) is 136 cm³/mol. The summed E-state index contributed by atoms with van der Waals surface area (Å²) in [5.74, 6) is -0.373. The number of rotatable bonds is 6. The molecule has 1 saturated heterocycles. The van der Waals surface area contributed by atoms with Crippen LogP contribution in [0.3, 0.4) is 0 Å². The van der Waals surface area contributed by atoms with Gasteiger partial charge in [0.1, 0.15) is 28.7 Å². The second kappa shape index (κ2) is 10.4. The number of amides is 1. The molecule has 12 heteroatoms. The van der Waals surface area contributed by atoms with Crippen molar-refractivity contribution in [3.8, 4) is 0 Å². The van der Waals surface area contributed by atoms with Crippen LogP contribution in [0.25, 0.3) is 11.0 Å². The first kappa shape index (κ1) is 27.3. The summed E-state index contributed by atoms with van der Waals surface area (Å²) in [5.41, 5.74) is -0.403. The number of anilines is 1. The zero-order chi connectivity index (χ0) is 27.9. The summed E-state index contributed by atoms with van der Waals surface area (Å²) >= 11 is 0. The van der Waals surface area contributed by atoms with Crippen LogP contribution in [0.1, 0.15) is 54.9 Å². The molecule has 3 aromatic rings. The molecular weight excluding hydrogens is 518 g/mol. The van der Waals surface area contributed by atoms with Crippen LogP contribution in [0.2, 0.25) is 0 Å². The third kappa shape index (κ3) is 5.07. The average molecular weight is 550 g/mol. The van der Waals surface area contributed by atoms with Gasteiger partial charge in [-0.15, -0.1) is 0 Å². The van der Waals surface area contributed by atoms with Gasteiger partial charge in [-0.05, 0) is 38.8 Å². The first-order valence-corrected chi connectivity index (χ1v) is 13.0. The highest BCUT2D eigenvalue weighted by Crippen LogP contribution is 2.43. The molecule has 1 spiro atoms. The number of nitrogens with one attached hydrogen (secondary N) is 1. The lowest BCUT2D eigenvalue weighted by atomic mass is 9.86. The van der Waals surface area contributed by atoms with E-state index in [1.807, 2.05) is 11.0 Å². The molecule has 0 radical (unpaired) electrons. The van der Waals surface area contributed by atoms with Crippen LogP contribution in [0.4, 0.5) is 23.4 Å². The Bertz CT molecular complexity index is 1380. The Kier molecular flexibility index (Phi) is 7.27. The van der Waals surface area contributed by atoms with Crippen molar-refractivity contribution in [3.63, 3.8) is 0 Å². The minimum atomic E-state index is -4.79. The molecule has 8 nitrogen and oxygen atoms in total. The maximum Gasteiger partial charge on any atom is 0.419 e. The minimum Gasteiger partial charge on any atom is -0.384 e. The van der Waals surface area contributed by atoms with Crippen molar-refractivity contribution in [3.05, 3.63) is 52.7 Å². The van der Waals surface area contributed by atoms with Crippen LogP contribution in [0.5, 0.6) is 0 Å². The van der Waals surface area contributed by atoms with Crippen molar-refractivity contribution in [1.29, 1.82) is 0 Å². The molecule has 210 valence electrons. The van der Waals surface area contributed by atoms with Crippen molar-refractivity contribution in [1.82, 2.24) is 19.4 Å². The maximum atomic E-state index is 14.8. The SMILES string of the molecule is COCCC(=O)N1CCC2(CC1)OCCn1c2cc2c(N[C@H](C)c3cccc(C(F)(F)F)c3F)nc(C)nc21. The molecule has 0 saturated carbocycles. The Hall–Kier alpha value is -3.25. The third-order valence-electron chi connectivity index (χ3n) is 7.62. The van der Waals surface area contributed by atoms with Gasteiger partial charge in [0, 0.05) is 32.3 Å². The van der Waals surface area contributed by atoms with Crippen molar-refractivity contribution in [2.24, 2.45) is 0 Å². The number of aromatic nitrogens is 3. The number of likely N-dealkylation sites (tertiary alicyclic amines) is 1. The number of alkyl halides is 3. The van der Waals surface area contributed by atoms with Crippen molar-refractivity contribution >= 4 is 22.8 Å². The second-order valence-corrected chi connectivity index (χ2v) is 10.1. The average Bonchev–Trinajstić information content (AvgIpc) is 3.27. The number of hydrogen-bond donors (Lipinski definition) is 1. The summed E-state index contributed by atoms with van der Waals surface area (Å²) in [7, 11) is 1.57. The van der Waals surface area contributed by atoms with Crippen LogP contribution < -0.4 is 5.32 Å². The first-order valence-electron chi connectivity index (χ1n) is 13.0. The van der Waals surface area contributed by atoms with Crippen LogP contribution in [0.15, 0.2) is 24.3 Å². The predicted octanol–water partition coefficient (Wildman–Crippen LogP) is 4.96. The van der Waals surface area contributed by atoms with Gasteiger partial charge in [0.25, 0.3) is 0 Å². The molecule has 0 bridgehead atoms. The zero-order valence-corrected chi connectivity index (χ0v) is 22.1. The summed E-state index contributed by atoms with van der Waals surface area (Å²) in [5, 5.41) is 3.81. The van der Waals surface area contributed by atoms with Crippen LogP contribution in [-0.2, 0) is 32.6 Å². The molecule has 1 amide bonds. The molecule has 1 fully saturated rings. The fourth-order valence-electron chi connectivity index (χ4n) is 5.61. The second-order valence-electron chi connectivity index (χ2n) is 10.1. The molecule has 39 heavy (non-hydrogen) atoms. The number of carbonyl (C=O) groups excluding carboxylic acids is 1. The Morgan fingerprint density at radius 3 is 2.67 bits per heavy atom. The smallest absolute Gasteiger partial charge is 0.384 e. The number of methoxy groups -OCH3 is 1. The lowest BCUT2D eigenvalue weighted by Gasteiger charge is -2.44. The summed E-state index contributed by atoms with van der Waals surface area (Å²) in [6.07, 6.45) is -3.23. The number of nitrogens with zero attached hydrogens (tertiary/aromatic N) is 4. The Morgan fingerprint density at radius 2 is 1.97 bits per heavy atom. The molecule has 0 unspecified atom stereocenters. The van der Waals surface area contributed by atoms with Crippen LogP contribution >= 0.6 is 0 Å². The quantitative estimate of drug-likeness (QED) is 0.438. The number of carbonyl (C=O) groups is 1. The van der Waals surface area contributed by atoms with E-state index in [9.17, 15) is 22.4 Å². The van der Waals surface area contributed by atoms with Gasteiger partial charge in [-0.1, -0.05) is 12.1 Å². The topological polar surface area (TPSA) is 81.5 Å². The van der Waals surface area contributed by atoms with E-state index in [0.29, 0.717) is 74.8 Å². The van der Waals surface area contributed by atoms with Gasteiger partial charge in [0.15, 0.2) is 0 Å². The van der Waals surface area contributed by atoms with Gasteiger partial charge < -0.3 is 24.3 Å². The fourth-order valence-corrected chi connectivity index (χ4v) is 5.61. The van der Waals surface area contributed by atoms with Crippen molar-refractivity contribution < 1.29 is 31.8 Å². The minimum absolute atomic E-state index is 0.0480. The van der Waals surface area contributed by atoms with Gasteiger partial charge in [0.2, 0.25) is 5.91 Å². The van der Waals surface area contributed by atoms with Gasteiger partial charge in [0.05, 0.1) is 42.3 Å². The summed E-state index contributed by atoms with van der Waals surface area (Å²) < 4.78 is 68.2. The highest BCUT2D eigenvalue weighted by Gasteiger charge is 2.43. The normalized spacial score (nSPS) is 17.9. The number of ether oxygens (including phenoxy) is 2. The summed E-state index contributed by atoms with van der Waals surface area (Å²) in [4.78, 5) is 23.5. The molecule has 4 heterocycles. The number of benzene rings is 1. The third-order valence-corrected chi connectivity index (χ3v) is 7.62. The van der Waals surface area contributed by atoms with E-state index in [1.54, 1.807) is 21.0 Å². The molecular formula is C27H31F4N5O3. The molecule has 2 aliphatic heterocycles. The molecule has 1 atom stereocenters. The molecule has 1 N–H and O–H groups in total. The Balaban J connectivity index is 1.46. The first-order chi connectivity index (χ1) is 18.5. The molecule has 1 aromatic carbocycles. The molecule has 2 aromatic heterocycles. The lowest BCUT2D eigenvalue weighted by Crippen LogP contribution is -2.49. The maximum absolute atomic E-state index is 14.8. The van der Waals surface area contributed by atoms with Gasteiger partial charge in [-0.2, -0.15) is 13.2 Å². The van der Waals surface area contributed by atoms with Crippen LogP contribution in [0, 0.1) is 12.7 Å². The number of halogens is 4. The van der Waals surface area contributed by atoms with E-state index < -0.39 is 29.2 Å². The van der Waals surface area contributed by atoms with Gasteiger partial charge in [-0.3, -0.25) is 4.79 Å².